The molecule has 1 aromatic heterocycles. The van der Waals surface area contributed by atoms with Crippen molar-refractivity contribution >= 4 is 11.7 Å². The van der Waals surface area contributed by atoms with Crippen LogP contribution in [0.5, 0.6) is 0 Å². The molecule has 0 aliphatic rings. The number of pyridine rings is 1. The molecule has 0 amide bonds. The second-order valence-electron chi connectivity index (χ2n) is 2.89. The van der Waals surface area contributed by atoms with Gasteiger partial charge in [0.25, 0.3) is 0 Å². The van der Waals surface area contributed by atoms with Crippen molar-refractivity contribution in [2.24, 2.45) is 0 Å². The predicted octanol–water partition coefficient (Wildman–Crippen LogP) is 0.349. The van der Waals surface area contributed by atoms with Gasteiger partial charge in [0, 0.05) is 12.4 Å². The first kappa shape index (κ1) is 12.0. The number of aliphatic hydroxyl groups excluding tert-OH is 1. The number of nitrogens with zero attached hydrogens (tertiary/aromatic N) is 3. The Kier molecular flexibility index (Phi) is 4.32. The zero-order chi connectivity index (χ0) is 12.0. The van der Waals surface area contributed by atoms with Gasteiger partial charge in [0.05, 0.1) is 6.61 Å². The molecular formula is C10H11N3O3. The Morgan fingerprint density at radius 3 is 2.75 bits per heavy atom. The van der Waals surface area contributed by atoms with E-state index in [9.17, 15) is 9.90 Å². The number of hydrogen-bond acceptors (Lipinski definition) is 4. The molecule has 1 aromatic rings. The van der Waals surface area contributed by atoms with Crippen LogP contribution >= 0.6 is 0 Å². The minimum Gasteiger partial charge on any atom is -0.457 e. The van der Waals surface area contributed by atoms with E-state index in [2.05, 4.69) is 14.5 Å². The number of ether oxygens (including phenoxy) is 1. The van der Waals surface area contributed by atoms with E-state index in [4.69, 9.17) is 5.53 Å². The van der Waals surface area contributed by atoms with Gasteiger partial charge >= 0.3 is 11.7 Å². The fourth-order valence-corrected chi connectivity index (χ4v) is 1.12. The highest BCUT2D eigenvalue weighted by atomic mass is 16.5. The Morgan fingerprint density at radius 2 is 2.25 bits per heavy atom. The van der Waals surface area contributed by atoms with Crippen molar-refractivity contribution in [3.05, 3.63) is 35.6 Å². The molecule has 0 saturated heterocycles. The Morgan fingerprint density at radius 1 is 1.62 bits per heavy atom. The third-order valence-corrected chi connectivity index (χ3v) is 1.87. The van der Waals surface area contributed by atoms with Gasteiger partial charge in [-0.15, -0.1) is 0 Å². The first-order valence-corrected chi connectivity index (χ1v) is 4.67. The van der Waals surface area contributed by atoms with Gasteiger partial charge in [-0.1, -0.05) is 0 Å². The zero-order valence-electron chi connectivity index (χ0n) is 8.70. The first-order chi connectivity index (χ1) is 7.70. The van der Waals surface area contributed by atoms with E-state index in [1.807, 2.05) is 0 Å². The lowest BCUT2D eigenvalue weighted by molar-refractivity contribution is -0.141. The number of aliphatic hydroxyl groups is 1. The second kappa shape index (κ2) is 5.75. The molecule has 16 heavy (non-hydrogen) atoms. The highest BCUT2D eigenvalue weighted by Gasteiger charge is 2.32. The highest BCUT2D eigenvalue weighted by Crippen LogP contribution is 2.12. The standard InChI is InChI=1S/C10H11N3O3/c1-2-16-10(15)8(13-11)9(14)7-3-5-12-6-4-7/h3-6,9,14H,2H2,1H3. The maximum Gasteiger partial charge on any atom is 0.420 e. The number of rotatable bonds is 4. The molecule has 0 fully saturated rings. The third-order valence-electron chi connectivity index (χ3n) is 1.87. The van der Waals surface area contributed by atoms with E-state index in [1.54, 1.807) is 6.92 Å². The molecule has 6 heteroatoms. The van der Waals surface area contributed by atoms with Gasteiger partial charge in [0.2, 0.25) is 0 Å². The monoisotopic (exact) mass is 221 g/mol. The molecule has 1 heterocycles. The lowest BCUT2D eigenvalue weighted by Gasteiger charge is -2.05. The highest BCUT2D eigenvalue weighted by molar-refractivity contribution is 6.35. The van der Waals surface area contributed by atoms with Crippen LogP contribution in [0.3, 0.4) is 0 Å². The maximum absolute atomic E-state index is 11.3. The molecule has 0 bridgehead atoms. The molecule has 6 nitrogen and oxygen atoms in total. The predicted molar refractivity (Wildman–Crippen MR) is 54.5 cm³/mol. The van der Waals surface area contributed by atoms with Crippen molar-refractivity contribution in [3.63, 3.8) is 0 Å². The molecule has 1 N–H and O–H groups in total. The van der Waals surface area contributed by atoms with Gasteiger partial charge in [-0.05, 0) is 24.6 Å². The smallest absolute Gasteiger partial charge is 0.420 e. The second-order valence-corrected chi connectivity index (χ2v) is 2.89. The van der Waals surface area contributed by atoms with E-state index < -0.39 is 17.8 Å². The number of hydrogen-bond donors (Lipinski definition) is 1. The SMILES string of the molecule is CCOC(=O)C(=[N+]=[N-])C(O)c1ccncc1. The van der Waals surface area contributed by atoms with Crippen LogP contribution in [-0.4, -0.2) is 33.2 Å². The lowest BCUT2D eigenvalue weighted by Crippen LogP contribution is -2.25. The topological polar surface area (TPSA) is 95.8 Å². The van der Waals surface area contributed by atoms with Crippen molar-refractivity contribution in [1.82, 2.24) is 4.98 Å². The summed E-state index contributed by atoms with van der Waals surface area (Å²) >= 11 is 0. The quantitative estimate of drug-likeness (QED) is 0.343. The average molecular weight is 221 g/mol. The summed E-state index contributed by atoms with van der Waals surface area (Å²) in [5, 5.41) is 9.76. The Balaban J connectivity index is 2.91. The summed E-state index contributed by atoms with van der Waals surface area (Å²) in [5.41, 5.74) is 8.61. The van der Waals surface area contributed by atoms with Crippen LogP contribution in [0.2, 0.25) is 0 Å². The van der Waals surface area contributed by atoms with Crippen molar-refractivity contribution in [1.29, 1.82) is 0 Å². The number of carbonyl (C=O) groups is 1. The Labute approximate surface area is 92.1 Å². The van der Waals surface area contributed by atoms with E-state index in [0.29, 0.717) is 5.56 Å². The molecule has 0 aliphatic carbocycles. The molecule has 0 saturated carbocycles. The molecule has 0 spiro atoms. The van der Waals surface area contributed by atoms with Crippen LogP contribution in [0.4, 0.5) is 0 Å². The van der Waals surface area contributed by atoms with Gasteiger partial charge in [-0.3, -0.25) is 4.98 Å². The van der Waals surface area contributed by atoms with Crippen molar-refractivity contribution in [2.75, 3.05) is 6.61 Å². The van der Waals surface area contributed by atoms with Crippen LogP contribution < -0.4 is 0 Å². The van der Waals surface area contributed by atoms with Crippen LogP contribution in [0.1, 0.15) is 18.6 Å². The number of aromatic nitrogens is 1. The van der Waals surface area contributed by atoms with Gasteiger partial charge in [0.15, 0.2) is 6.10 Å². The molecule has 1 rings (SSSR count). The lowest BCUT2D eigenvalue weighted by atomic mass is 10.1. The van der Waals surface area contributed by atoms with Crippen LogP contribution in [0.25, 0.3) is 5.53 Å². The first-order valence-electron chi connectivity index (χ1n) is 4.67. The van der Waals surface area contributed by atoms with Gasteiger partial charge in [-0.25, -0.2) is 4.79 Å². The minimum absolute atomic E-state index is 0.140. The molecular weight excluding hydrogens is 210 g/mol. The van der Waals surface area contributed by atoms with E-state index >= 15 is 0 Å². The maximum atomic E-state index is 11.3. The summed E-state index contributed by atoms with van der Waals surface area (Å²) in [6, 6.07) is 3.02. The summed E-state index contributed by atoms with van der Waals surface area (Å²) in [6.45, 7) is 1.76. The van der Waals surface area contributed by atoms with Gasteiger partial charge in [0.1, 0.15) is 0 Å². The molecule has 84 valence electrons. The number of esters is 1. The fraction of sp³-hybridized carbons (Fsp3) is 0.300. The molecule has 0 aromatic carbocycles. The van der Waals surface area contributed by atoms with Gasteiger partial charge in [-0.2, -0.15) is 4.79 Å². The summed E-state index contributed by atoms with van der Waals surface area (Å²) in [6.07, 6.45) is 1.59. The fourth-order valence-electron chi connectivity index (χ4n) is 1.12. The normalized spacial score (nSPS) is 11.4. The molecule has 1 unspecified atom stereocenters. The van der Waals surface area contributed by atoms with Crippen molar-refractivity contribution in [2.45, 2.75) is 13.0 Å². The van der Waals surface area contributed by atoms with Crippen LogP contribution in [0.15, 0.2) is 24.5 Å². The Bertz CT molecular complexity index is 413. The van der Waals surface area contributed by atoms with E-state index in [-0.39, 0.29) is 6.61 Å². The Hall–Kier alpha value is -2.04. The van der Waals surface area contributed by atoms with Crippen LogP contribution in [0, 0.1) is 0 Å². The summed E-state index contributed by atoms with van der Waals surface area (Å²) in [4.78, 5) is 17.8. The van der Waals surface area contributed by atoms with Crippen molar-refractivity contribution in [3.8, 4) is 0 Å². The molecule has 1 atom stereocenters. The third kappa shape index (κ3) is 2.73. The summed E-state index contributed by atoms with van der Waals surface area (Å²) in [5.74, 6) is -0.852. The number of carbonyl (C=O) groups excluding carboxylic acids is 1. The molecule has 0 aliphatic heterocycles. The zero-order valence-corrected chi connectivity index (χ0v) is 8.70. The van der Waals surface area contributed by atoms with Crippen molar-refractivity contribution < 1.29 is 19.4 Å². The summed E-state index contributed by atoms with van der Waals surface area (Å²) < 4.78 is 4.63. The summed E-state index contributed by atoms with van der Waals surface area (Å²) in [7, 11) is 0. The average Bonchev–Trinajstić information content (AvgIpc) is 2.31. The van der Waals surface area contributed by atoms with Crippen LogP contribution in [-0.2, 0) is 9.53 Å². The molecule has 0 radical (unpaired) electrons. The minimum atomic E-state index is -1.33. The van der Waals surface area contributed by atoms with Gasteiger partial charge < -0.3 is 15.4 Å². The largest absolute Gasteiger partial charge is 0.457 e. The van der Waals surface area contributed by atoms with E-state index in [0.717, 1.165) is 0 Å². The van der Waals surface area contributed by atoms with E-state index in [1.165, 1.54) is 24.5 Å².